The van der Waals surface area contributed by atoms with Gasteiger partial charge < -0.3 is 19.1 Å². The number of nitrogens with zero attached hydrogens (tertiary/aromatic N) is 2. The van der Waals surface area contributed by atoms with Crippen LogP contribution in [0.25, 0.3) is 22.2 Å². The van der Waals surface area contributed by atoms with Gasteiger partial charge in [-0.1, -0.05) is 48.5 Å². The fourth-order valence-corrected chi connectivity index (χ4v) is 6.11. The third kappa shape index (κ3) is 4.27. The average Bonchev–Trinajstić information content (AvgIpc) is 3.44. The Bertz CT molecular complexity index is 1350. The molecule has 1 atom stereocenters. The average molecular weight is 483 g/mol. The maximum Gasteiger partial charge on any atom is 0.254 e. The molecule has 3 heterocycles. The second-order valence-corrected chi connectivity index (χ2v) is 10.2. The van der Waals surface area contributed by atoms with Crippen LogP contribution in [0, 0.1) is 13.8 Å². The normalized spacial score (nSPS) is 18.2. The van der Waals surface area contributed by atoms with Crippen LogP contribution in [0.4, 0.5) is 0 Å². The van der Waals surface area contributed by atoms with E-state index in [-0.39, 0.29) is 12.9 Å². The molecule has 0 radical (unpaired) electrons. The summed E-state index contributed by atoms with van der Waals surface area (Å²) in [5, 5.41) is 10.8. The van der Waals surface area contributed by atoms with Gasteiger partial charge in [0, 0.05) is 23.7 Å². The van der Waals surface area contributed by atoms with E-state index in [9.17, 15) is 5.11 Å². The van der Waals surface area contributed by atoms with Gasteiger partial charge >= 0.3 is 0 Å². The van der Waals surface area contributed by atoms with Gasteiger partial charge in [0.2, 0.25) is 0 Å². The molecule has 36 heavy (non-hydrogen) atoms. The minimum absolute atomic E-state index is 0.0820. The molecule has 4 aromatic rings. The number of benzene rings is 3. The van der Waals surface area contributed by atoms with E-state index < -0.39 is 0 Å². The summed E-state index contributed by atoms with van der Waals surface area (Å²) in [5.41, 5.74) is 7.65. The molecule has 0 aliphatic carbocycles. The summed E-state index contributed by atoms with van der Waals surface area (Å²) in [5.74, 6) is 2.23. The number of hydrogen-bond acceptors (Lipinski definition) is 4. The second kappa shape index (κ2) is 9.64. The van der Waals surface area contributed by atoms with Crippen LogP contribution >= 0.6 is 0 Å². The highest BCUT2D eigenvalue weighted by Gasteiger charge is 2.30. The van der Waals surface area contributed by atoms with Crippen molar-refractivity contribution in [2.75, 3.05) is 26.2 Å². The zero-order valence-electron chi connectivity index (χ0n) is 21.1. The Hall–Kier alpha value is -3.28. The highest BCUT2D eigenvalue weighted by atomic mass is 16.7. The number of hydrogen-bond donors (Lipinski definition) is 1. The topological polar surface area (TPSA) is 46.9 Å². The Kier molecular flexibility index (Phi) is 6.20. The number of likely N-dealkylation sites (tertiary alicyclic amines) is 1. The molecule has 1 unspecified atom stereocenters. The van der Waals surface area contributed by atoms with Crippen molar-refractivity contribution >= 4 is 10.9 Å². The van der Waals surface area contributed by atoms with Gasteiger partial charge in [0.1, 0.15) is 0 Å². The van der Waals surface area contributed by atoms with Crippen molar-refractivity contribution in [3.63, 3.8) is 0 Å². The summed E-state index contributed by atoms with van der Waals surface area (Å²) < 4.78 is 14.7. The van der Waals surface area contributed by atoms with Crippen LogP contribution in [0.5, 0.6) is 11.5 Å². The molecular weight excluding hydrogens is 448 g/mol. The summed E-state index contributed by atoms with van der Waals surface area (Å²) in [6.07, 6.45) is 2.05. The van der Waals surface area contributed by atoms with E-state index in [1.54, 1.807) is 5.56 Å². The molecule has 1 aromatic heterocycles. The van der Waals surface area contributed by atoms with E-state index in [4.69, 9.17) is 9.47 Å². The van der Waals surface area contributed by atoms with Gasteiger partial charge in [-0.25, -0.2) is 0 Å². The zero-order chi connectivity index (χ0) is 24.6. The van der Waals surface area contributed by atoms with Gasteiger partial charge in [-0.3, -0.25) is 4.90 Å². The number of fused-ring (bicyclic) bond motifs is 2. The Balaban J connectivity index is 1.15. The van der Waals surface area contributed by atoms with E-state index >= 15 is 0 Å². The van der Waals surface area contributed by atoms with Gasteiger partial charge in [0.25, 0.3) is 6.29 Å². The molecule has 0 spiro atoms. The van der Waals surface area contributed by atoms with Gasteiger partial charge in [-0.05, 0) is 80.1 Å². The van der Waals surface area contributed by atoms with Crippen molar-refractivity contribution in [2.45, 2.75) is 45.4 Å². The Morgan fingerprint density at radius 2 is 1.56 bits per heavy atom. The van der Waals surface area contributed by atoms with Crippen molar-refractivity contribution in [1.82, 2.24) is 9.47 Å². The number of aliphatic hydroxyl groups excluding tert-OH is 1. The van der Waals surface area contributed by atoms with Crippen molar-refractivity contribution < 1.29 is 14.6 Å². The molecule has 1 N–H and O–H groups in total. The Morgan fingerprint density at radius 3 is 2.25 bits per heavy atom. The molecular formula is C31H34N2O3. The van der Waals surface area contributed by atoms with Crippen LogP contribution < -0.4 is 9.47 Å². The summed E-state index contributed by atoms with van der Waals surface area (Å²) in [4.78, 5) is 2.47. The second-order valence-electron chi connectivity index (χ2n) is 10.2. The van der Waals surface area contributed by atoms with Gasteiger partial charge in [-0.2, -0.15) is 0 Å². The van der Waals surface area contributed by atoms with Crippen molar-refractivity contribution in [3.05, 3.63) is 83.4 Å². The lowest BCUT2D eigenvalue weighted by atomic mass is 9.84. The molecule has 6 rings (SSSR count). The fraction of sp³-hybridized carbons (Fsp3) is 0.355. The standard InChI is InChI=1S/C31H34N2O3/c1-21-7-6-8-22(2)31(21)24-11-13-32(14-12-24)20-30-35-28-18-25-17-26(23-9-4-3-5-10-23)33(15-16-34)27(25)19-29(28)36-30/h3-10,17-19,24,30,34H,11-16,20H2,1-2H3. The van der Waals surface area contributed by atoms with E-state index in [1.807, 2.05) is 18.2 Å². The Labute approximate surface area is 212 Å². The predicted octanol–water partition coefficient (Wildman–Crippen LogP) is 5.89. The van der Waals surface area contributed by atoms with Gasteiger partial charge in [0.05, 0.1) is 18.7 Å². The van der Waals surface area contributed by atoms with E-state index in [0.717, 1.165) is 53.3 Å². The highest BCUT2D eigenvalue weighted by Crippen LogP contribution is 2.41. The van der Waals surface area contributed by atoms with Crippen molar-refractivity contribution in [1.29, 1.82) is 0 Å². The molecule has 1 fully saturated rings. The van der Waals surface area contributed by atoms with Gasteiger partial charge in [0.15, 0.2) is 11.5 Å². The Morgan fingerprint density at radius 1 is 0.861 bits per heavy atom. The van der Waals surface area contributed by atoms with Crippen LogP contribution in [0.15, 0.2) is 66.7 Å². The molecule has 0 amide bonds. The van der Waals surface area contributed by atoms with Crippen LogP contribution in [0.1, 0.15) is 35.4 Å². The SMILES string of the molecule is Cc1cccc(C)c1C1CCN(CC2Oc3cc4cc(-c5ccccc5)n(CCO)c4cc3O2)CC1. The van der Waals surface area contributed by atoms with E-state index in [1.165, 1.54) is 24.0 Å². The summed E-state index contributed by atoms with van der Waals surface area (Å²) in [6, 6.07) is 23.3. The fourth-order valence-electron chi connectivity index (χ4n) is 6.11. The lowest BCUT2D eigenvalue weighted by Gasteiger charge is -2.34. The number of aryl methyl sites for hydroxylation is 2. The third-order valence-corrected chi connectivity index (χ3v) is 7.82. The lowest BCUT2D eigenvalue weighted by molar-refractivity contribution is 0.00890. The van der Waals surface area contributed by atoms with E-state index in [0.29, 0.717) is 12.5 Å². The van der Waals surface area contributed by atoms with Crippen LogP contribution in [0.3, 0.4) is 0 Å². The number of ether oxygens (including phenoxy) is 2. The molecule has 3 aromatic carbocycles. The predicted molar refractivity (Wildman–Crippen MR) is 144 cm³/mol. The van der Waals surface area contributed by atoms with Crippen molar-refractivity contribution in [2.24, 2.45) is 0 Å². The van der Waals surface area contributed by atoms with Crippen LogP contribution in [0.2, 0.25) is 0 Å². The molecule has 0 saturated carbocycles. The summed E-state index contributed by atoms with van der Waals surface area (Å²) in [6.45, 7) is 7.98. The van der Waals surface area contributed by atoms with E-state index in [2.05, 4.69) is 71.8 Å². The maximum atomic E-state index is 9.73. The molecule has 186 valence electrons. The largest absolute Gasteiger partial charge is 0.450 e. The monoisotopic (exact) mass is 482 g/mol. The van der Waals surface area contributed by atoms with Crippen molar-refractivity contribution in [3.8, 4) is 22.8 Å². The maximum absolute atomic E-state index is 9.73. The van der Waals surface area contributed by atoms with Crippen LogP contribution in [-0.4, -0.2) is 47.1 Å². The first-order valence-corrected chi connectivity index (χ1v) is 13.1. The smallest absolute Gasteiger partial charge is 0.254 e. The third-order valence-electron chi connectivity index (χ3n) is 7.82. The molecule has 2 aliphatic rings. The molecule has 5 heteroatoms. The molecule has 0 bridgehead atoms. The zero-order valence-corrected chi connectivity index (χ0v) is 21.1. The minimum atomic E-state index is -0.289. The summed E-state index contributed by atoms with van der Waals surface area (Å²) >= 11 is 0. The summed E-state index contributed by atoms with van der Waals surface area (Å²) in [7, 11) is 0. The first kappa shape index (κ1) is 23.1. The number of rotatable bonds is 6. The molecule has 1 saturated heterocycles. The number of aliphatic hydroxyl groups is 1. The van der Waals surface area contributed by atoms with Crippen LogP contribution in [-0.2, 0) is 6.54 Å². The highest BCUT2D eigenvalue weighted by molar-refractivity contribution is 5.90. The lowest BCUT2D eigenvalue weighted by Crippen LogP contribution is -2.41. The first-order valence-electron chi connectivity index (χ1n) is 13.1. The van der Waals surface area contributed by atoms with Gasteiger partial charge in [-0.15, -0.1) is 0 Å². The quantitative estimate of drug-likeness (QED) is 0.372. The first-order chi connectivity index (χ1) is 17.6. The molecule has 2 aliphatic heterocycles. The minimum Gasteiger partial charge on any atom is -0.450 e. The number of piperidine rings is 1. The number of aromatic nitrogens is 1. The molecule has 5 nitrogen and oxygen atoms in total.